The van der Waals surface area contributed by atoms with E-state index in [0.717, 1.165) is 22.8 Å². The lowest BCUT2D eigenvalue weighted by Gasteiger charge is -2.10. The second-order valence-electron chi connectivity index (χ2n) is 3.69. The molecule has 0 saturated carbocycles. The minimum atomic E-state index is 0.403. The van der Waals surface area contributed by atoms with Crippen molar-refractivity contribution in [2.24, 2.45) is 5.73 Å². The Hall–Kier alpha value is -2.07. The molecule has 1 aromatic carbocycles. The number of ether oxygens (including phenoxy) is 2. The number of rotatable bonds is 5. The van der Waals surface area contributed by atoms with Crippen molar-refractivity contribution in [2.45, 2.75) is 13.5 Å². The third kappa shape index (κ3) is 2.99. The van der Waals surface area contributed by atoms with E-state index < -0.39 is 0 Å². The Morgan fingerprint density at radius 2 is 1.83 bits per heavy atom. The molecule has 0 aliphatic rings. The van der Waals surface area contributed by atoms with Gasteiger partial charge in [0.05, 0.1) is 6.61 Å². The SMILES string of the molecule is CCOc1ccc(Oc2ccncc2CN)cc1. The molecule has 1 aromatic heterocycles. The van der Waals surface area contributed by atoms with Gasteiger partial charge in [0.25, 0.3) is 0 Å². The molecule has 2 aromatic rings. The van der Waals surface area contributed by atoms with Crippen LogP contribution in [-0.4, -0.2) is 11.6 Å². The Morgan fingerprint density at radius 1 is 1.11 bits per heavy atom. The molecule has 1 heterocycles. The topological polar surface area (TPSA) is 57.4 Å². The van der Waals surface area contributed by atoms with Gasteiger partial charge in [-0.25, -0.2) is 0 Å². The second kappa shape index (κ2) is 6.02. The first-order chi connectivity index (χ1) is 8.83. The van der Waals surface area contributed by atoms with E-state index >= 15 is 0 Å². The maximum Gasteiger partial charge on any atom is 0.134 e. The highest BCUT2D eigenvalue weighted by Gasteiger charge is 2.03. The average Bonchev–Trinajstić information content (AvgIpc) is 2.42. The first-order valence-corrected chi connectivity index (χ1v) is 5.87. The van der Waals surface area contributed by atoms with Crippen molar-refractivity contribution in [1.82, 2.24) is 4.98 Å². The molecule has 2 rings (SSSR count). The number of pyridine rings is 1. The van der Waals surface area contributed by atoms with E-state index in [0.29, 0.717) is 13.2 Å². The summed E-state index contributed by atoms with van der Waals surface area (Å²) < 4.78 is 11.1. The van der Waals surface area contributed by atoms with Crippen LogP contribution in [-0.2, 0) is 6.54 Å². The van der Waals surface area contributed by atoms with Crippen LogP contribution in [0.1, 0.15) is 12.5 Å². The summed E-state index contributed by atoms with van der Waals surface area (Å²) in [7, 11) is 0. The molecule has 2 N–H and O–H groups in total. The number of hydrogen-bond donors (Lipinski definition) is 1. The molecule has 0 aliphatic carbocycles. The summed E-state index contributed by atoms with van der Waals surface area (Å²) in [6.07, 6.45) is 3.40. The summed E-state index contributed by atoms with van der Waals surface area (Å²) in [5, 5.41) is 0. The van der Waals surface area contributed by atoms with Crippen molar-refractivity contribution in [1.29, 1.82) is 0 Å². The molecule has 0 atom stereocenters. The fraction of sp³-hybridized carbons (Fsp3) is 0.214. The van der Waals surface area contributed by atoms with E-state index in [1.807, 2.05) is 31.2 Å². The zero-order valence-electron chi connectivity index (χ0n) is 10.3. The fourth-order valence-corrected chi connectivity index (χ4v) is 1.56. The lowest BCUT2D eigenvalue weighted by Crippen LogP contribution is -2.00. The number of nitrogens with zero attached hydrogens (tertiary/aromatic N) is 1. The zero-order valence-corrected chi connectivity index (χ0v) is 10.3. The van der Waals surface area contributed by atoms with Gasteiger partial charge in [0.15, 0.2) is 0 Å². The van der Waals surface area contributed by atoms with E-state index in [1.165, 1.54) is 0 Å². The van der Waals surface area contributed by atoms with Crippen LogP contribution in [0, 0.1) is 0 Å². The monoisotopic (exact) mass is 244 g/mol. The smallest absolute Gasteiger partial charge is 0.134 e. The van der Waals surface area contributed by atoms with E-state index in [-0.39, 0.29) is 0 Å². The lowest BCUT2D eigenvalue weighted by atomic mass is 10.2. The van der Waals surface area contributed by atoms with Crippen molar-refractivity contribution in [3.63, 3.8) is 0 Å². The predicted octanol–water partition coefficient (Wildman–Crippen LogP) is 2.73. The van der Waals surface area contributed by atoms with Gasteiger partial charge >= 0.3 is 0 Å². The minimum absolute atomic E-state index is 0.403. The molecular weight excluding hydrogens is 228 g/mol. The number of benzene rings is 1. The van der Waals surface area contributed by atoms with Gasteiger partial charge in [0.2, 0.25) is 0 Å². The van der Waals surface area contributed by atoms with Crippen LogP contribution in [0.15, 0.2) is 42.7 Å². The zero-order chi connectivity index (χ0) is 12.8. The van der Waals surface area contributed by atoms with Crippen LogP contribution < -0.4 is 15.2 Å². The van der Waals surface area contributed by atoms with Crippen LogP contribution in [0.2, 0.25) is 0 Å². The summed E-state index contributed by atoms with van der Waals surface area (Å²) in [5.74, 6) is 2.31. The van der Waals surface area contributed by atoms with E-state index in [4.69, 9.17) is 15.2 Å². The summed E-state index contributed by atoms with van der Waals surface area (Å²) in [4.78, 5) is 4.02. The summed E-state index contributed by atoms with van der Waals surface area (Å²) >= 11 is 0. The van der Waals surface area contributed by atoms with Gasteiger partial charge in [0.1, 0.15) is 17.2 Å². The molecule has 0 radical (unpaired) electrons. The van der Waals surface area contributed by atoms with Crippen LogP contribution in [0.4, 0.5) is 0 Å². The number of hydrogen-bond acceptors (Lipinski definition) is 4. The molecule has 0 aliphatic heterocycles. The van der Waals surface area contributed by atoms with Crippen molar-refractivity contribution < 1.29 is 9.47 Å². The lowest BCUT2D eigenvalue weighted by molar-refractivity contribution is 0.339. The van der Waals surface area contributed by atoms with E-state index in [2.05, 4.69) is 4.98 Å². The highest BCUT2D eigenvalue weighted by Crippen LogP contribution is 2.25. The van der Waals surface area contributed by atoms with Crippen LogP contribution in [0.5, 0.6) is 17.2 Å². The van der Waals surface area contributed by atoms with Crippen LogP contribution >= 0.6 is 0 Å². The third-order valence-corrected chi connectivity index (χ3v) is 2.44. The Balaban J connectivity index is 2.13. The Kier molecular flexibility index (Phi) is 4.15. The van der Waals surface area contributed by atoms with Gasteiger partial charge < -0.3 is 15.2 Å². The fourth-order valence-electron chi connectivity index (χ4n) is 1.56. The molecule has 4 nitrogen and oxygen atoms in total. The highest BCUT2D eigenvalue weighted by molar-refractivity contribution is 5.38. The Labute approximate surface area is 106 Å². The third-order valence-electron chi connectivity index (χ3n) is 2.44. The molecule has 0 amide bonds. The summed E-state index contributed by atoms with van der Waals surface area (Å²) in [5.41, 5.74) is 6.51. The maximum absolute atomic E-state index is 5.76. The molecule has 0 spiro atoms. The maximum atomic E-state index is 5.76. The van der Waals surface area contributed by atoms with Gasteiger partial charge in [0, 0.05) is 24.5 Å². The Morgan fingerprint density at radius 3 is 2.50 bits per heavy atom. The van der Waals surface area contributed by atoms with Crippen molar-refractivity contribution >= 4 is 0 Å². The van der Waals surface area contributed by atoms with E-state index in [9.17, 15) is 0 Å². The number of aromatic nitrogens is 1. The largest absolute Gasteiger partial charge is 0.494 e. The molecule has 0 fully saturated rings. The summed E-state index contributed by atoms with van der Waals surface area (Å²) in [6, 6.07) is 9.29. The highest BCUT2D eigenvalue weighted by atomic mass is 16.5. The standard InChI is InChI=1S/C14H16N2O2/c1-2-17-12-3-5-13(6-4-12)18-14-7-8-16-10-11(14)9-15/h3-8,10H,2,9,15H2,1H3. The minimum Gasteiger partial charge on any atom is -0.494 e. The van der Waals surface area contributed by atoms with Gasteiger partial charge in [-0.1, -0.05) is 0 Å². The normalized spacial score (nSPS) is 10.1. The van der Waals surface area contributed by atoms with Crippen molar-refractivity contribution in [3.05, 3.63) is 48.3 Å². The van der Waals surface area contributed by atoms with E-state index in [1.54, 1.807) is 18.5 Å². The Bertz CT molecular complexity index is 497. The molecule has 0 saturated heterocycles. The first-order valence-electron chi connectivity index (χ1n) is 5.87. The van der Waals surface area contributed by atoms with Gasteiger partial charge in [-0.05, 0) is 37.3 Å². The van der Waals surface area contributed by atoms with Crippen molar-refractivity contribution in [3.8, 4) is 17.2 Å². The van der Waals surface area contributed by atoms with Gasteiger partial charge in [-0.3, -0.25) is 4.98 Å². The van der Waals surface area contributed by atoms with Gasteiger partial charge in [-0.15, -0.1) is 0 Å². The molecule has 0 bridgehead atoms. The predicted molar refractivity (Wildman–Crippen MR) is 69.8 cm³/mol. The molecular formula is C14H16N2O2. The van der Waals surface area contributed by atoms with Crippen LogP contribution in [0.3, 0.4) is 0 Å². The van der Waals surface area contributed by atoms with Crippen molar-refractivity contribution in [2.75, 3.05) is 6.61 Å². The first kappa shape index (κ1) is 12.4. The average molecular weight is 244 g/mol. The quantitative estimate of drug-likeness (QED) is 0.878. The van der Waals surface area contributed by atoms with Crippen LogP contribution in [0.25, 0.3) is 0 Å². The number of nitrogens with two attached hydrogens (primary N) is 1. The molecule has 4 heteroatoms. The molecule has 18 heavy (non-hydrogen) atoms. The van der Waals surface area contributed by atoms with Gasteiger partial charge in [-0.2, -0.15) is 0 Å². The molecule has 0 unspecified atom stereocenters. The summed E-state index contributed by atoms with van der Waals surface area (Å²) in [6.45, 7) is 3.01. The molecule has 94 valence electrons. The second-order valence-corrected chi connectivity index (χ2v) is 3.69.